The largest absolute Gasteiger partial charge is 0.493 e. The van der Waals surface area contributed by atoms with E-state index >= 15 is 0 Å². The van der Waals surface area contributed by atoms with Gasteiger partial charge in [-0.25, -0.2) is 9.97 Å². The van der Waals surface area contributed by atoms with Crippen molar-refractivity contribution in [2.75, 3.05) is 18.1 Å². The molecule has 1 atom stereocenters. The van der Waals surface area contributed by atoms with Crippen LogP contribution in [-0.2, 0) is 23.2 Å². The van der Waals surface area contributed by atoms with Crippen molar-refractivity contribution in [2.45, 2.75) is 18.4 Å². The Labute approximate surface area is 161 Å². The number of hydrogen-bond donors (Lipinski definition) is 0. The zero-order valence-corrected chi connectivity index (χ0v) is 15.1. The Hall–Kier alpha value is -3.41. The van der Waals surface area contributed by atoms with Crippen molar-refractivity contribution in [3.8, 4) is 11.5 Å². The standard InChI is InChI=1S/C22H17N3O3/c26-21-22(13-28-19-11-18-14(6-9-27-18)10-16(19)22)15-4-1-2-5-17(15)25(21)12-20-23-7-3-8-24-20/h1-5,7-8,10-11H,6,9,12-13H2. The molecule has 3 aliphatic rings. The lowest BCUT2D eigenvalue weighted by molar-refractivity contribution is -0.122. The first-order valence-electron chi connectivity index (χ1n) is 9.38. The quantitative estimate of drug-likeness (QED) is 0.693. The van der Waals surface area contributed by atoms with Crippen molar-refractivity contribution in [1.82, 2.24) is 9.97 Å². The number of carbonyl (C=O) groups excluding carboxylic acids is 1. The molecule has 0 N–H and O–H groups in total. The summed E-state index contributed by atoms with van der Waals surface area (Å²) in [6, 6.07) is 13.8. The maximum absolute atomic E-state index is 13.8. The van der Waals surface area contributed by atoms with E-state index in [1.807, 2.05) is 30.3 Å². The summed E-state index contributed by atoms with van der Waals surface area (Å²) in [5.41, 5.74) is 3.13. The summed E-state index contributed by atoms with van der Waals surface area (Å²) >= 11 is 0. The van der Waals surface area contributed by atoms with E-state index in [4.69, 9.17) is 9.47 Å². The average molecular weight is 371 g/mol. The van der Waals surface area contributed by atoms with Crippen molar-refractivity contribution >= 4 is 11.6 Å². The highest BCUT2D eigenvalue weighted by Crippen LogP contribution is 2.54. The molecule has 4 heterocycles. The highest BCUT2D eigenvalue weighted by Gasteiger charge is 2.57. The van der Waals surface area contributed by atoms with Crippen LogP contribution in [-0.4, -0.2) is 29.1 Å². The molecule has 1 unspecified atom stereocenters. The van der Waals surface area contributed by atoms with Crippen molar-refractivity contribution < 1.29 is 14.3 Å². The Morgan fingerprint density at radius 1 is 1.00 bits per heavy atom. The van der Waals surface area contributed by atoms with Crippen LogP contribution in [0, 0.1) is 0 Å². The summed E-state index contributed by atoms with van der Waals surface area (Å²) in [6.07, 6.45) is 4.25. The smallest absolute Gasteiger partial charge is 0.246 e. The lowest BCUT2D eigenvalue weighted by Crippen LogP contribution is -2.42. The van der Waals surface area contributed by atoms with E-state index in [0.717, 1.165) is 40.3 Å². The summed E-state index contributed by atoms with van der Waals surface area (Å²) in [5, 5.41) is 0. The molecule has 28 heavy (non-hydrogen) atoms. The molecule has 1 spiro atoms. The lowest BCUT2D eigenvalue weighted by atomic mass is 9.76. The lowest BCUT2D eigenvalue weighted by Gasteiger charge is -2.23. The summed E-state index contributed by atoms with van der Waals surface area (Å²) in [4.78, 5) is 24.2. The Kier molecular flexibility index (Phi) is 3.10. The minimum Gasteiger partial charge on any atom is -0.493 e. The van der Waals surface area contributed by atoms with Crippen molar-refractivity contribution in [2.24, 2.45) is 0 Å². The Morgan fingerprint density at radius 3 is 2.75 bits per heavy atom. The molecular formula is C22H17N3O3. The molecule has 0 bridgehead atoms. The Balaban J connectivity index is 1.52. The number of para-hydroxylation sites is 1. The molecule has 6 heteroatoms. The number of aromatic nitrogens is 2. The van der Waals surface area contributed by atoms with Crippen molar-refractivity contribution in [3.05, 3.63) is 77.4 Å². The molecule has 6 rings (SSSR count). The SMILES string of the molecule is O=C1N(Cc2ncccn2)c2ccccc2C12COc1cc3c(cc12)CCO3. The van der Waals surface area contributed by atoms with Gasteiger partial charge in [-0.3, -0.25) is 4.79 Å². The van der Waals surface area contributed by atoms with E-state index in [0.29, 0.717) is 25.6 Å². The van der Waals surface area contributed by atoms with Crippen LogP contribution in [0.3, 0.4) is 0 Å². The molecular weight excluding hydrogens is 354 g/mol. The fraction of sp³-hybridized carbons (Fsp3) is 0.227. The zero-order valence-electron chi connectivity index (χ0n) is 15.1. The number of amides is 1. The second-order valence-corrected chi connectivity index (χ2v) is 7.32. The van der Waals surface area contributed by atoms with E-state index in [1.54, 1.807) is 23.4 Å². The van der Waals surface area contributed by atoms with Crippen LogP contribution in [0.15, 0.2) is 54.9 Å². The van der Waals surface area contributed by atoms with Gasteiger partial charge >= 0.3 is 0 Å². The first-order chi connectivity index (χ1) is 13.8. The van der Waals surface area contributed by atoms with Crippen LogP contribution < -0.4 is 14.4 Å². The van der Waals surface area contributed by atoms with Gasteiger partial charge in [-0.15, -0.1) is 0 Å². The number of nitrogens with zero attached hydrogens (tertiary/aromatic N) is 3. The average Bonchev–Trinajstić information content (AvgIpc) is 3.40. The van der Waals surface area contributed by atoms with Gasteiger partial charge in [0.15, 0.2) is 0 Å². The summed E-state index contributed by atoms with van der Waals surface area (Å²) in [7, 11) is 0. The Bertz CT molecular complexity index is 1120. The summed E-state index contributed by atoms with van der Waals surface area (Å²) in [6.45, 7) is 1.31. The van der Waals surface area contributed by atoms with E-state index < -0.39 is 5.41 Å². The van der Waals surface area contributed by atoms with Gasteiger partial charge in [0.1, 0.15) is 29.3 Å². The molecule has 0 fully saturated rings. The normalized spacial score (nSPS) is 21.3. The molecule has 0 radical (unpaired) electrons. The Morgan fingerprint density at radius 2 is 1.86 bits per heavy atom. The molecule has 0 saturated carbocycles. The molecule has 0 saturated heterocycles. The van der Waals surface area contributed by atoms with Gasteiger partial charge in [-0.05, 0) is 29.3 Å². The van der Waals surface area contributed by atoms with Gasteiger partial charge in [0.2, 0.25) is 5.91 Å². The number of carbonyl (C=O) groups is 1. The number of benzene rings is 2. The van der Waals surface area contributed by atoms with Crippen molar-refractivity contribution in [1.29, 1.82) is 0 Å². The van der Waals surface area contributed by atoms with E-state index in [1.165, 1.54) is 0 Å². The fourth-order valence-electron chi connectivity index (χ4n) is 4.56. The molecule has 6 nitrogen and oxygen atoms in total. The number of hydrogen-bond acceptors (Lipinski definition) is 5. The van der Waals surface area contributed by atoms with Gasteiger partial charge in [-0.1, -0.05) is 18.2 Å². The molecule has 0 aliphatic carbocycles. The van der Waals surface area contributed by atoms with Crippen LogP contribution in [0.25, 0.3) is 0 Å². The van der Waals surface area contributed by atoms with E-state index in [2.05, 4.69) is 16.0 Å². The van der Waals surface area contributed by atoms with Gasteiger partial charge < -0.3 is 14.4 Å². The first-order valence-corrected chi connectivity index (χ1v) is 9.38. The molecule has 1 aromatic heterocycles. The molecule has 1 amide bonds. The fourth-order valence-corrected chi connectivity index (χ4v) is 4.56. The minimum atomic E-state index is -0.821. The minimum absolute atomic E-state index is 0.0127. The summed E-state index contributed by atoms with van der Waals surface area (Å²) < 4.78 is 11.7. The third-order valence-corrected chi connectivity index (χ3v) is 5.88. The summed E-state index contributed by atoms with van der Waals surface area (Å²) in [5.74, 6) is 2.23. The first kappa shape index (κ1) is 15.6. The predicted octanol–water partition coefficient (Wildman–Crippen LogP) is 2.64. The molecule has 2 aromatic carbocycles. The van der Waals surface area contributed by atoms with E-state index in [9.17, 15) is 4.79 Å². The van der Waals surface area contributed by atoms with Crippen LogP contribution in [0.1, 0.15) is 22.5 Å². The highest BCUT2D eigenvalue weighted by atomic mass is 16.5. The second-order valence-electron chi connectivity index (χ2n) is 7.32. The number of rotatable bonds is 2. The topological polar surface area (TPSA) is 64.6 Å². The second kappa shape index (κ2) is 5.55. The third-order valence-electron chi connectivity index (χ3n) is 5.88. The van der Waals surface area contributed by atoms with Gasteiger partial charge in [0.05, 0.1) is 13.2 Å². The van der Waals surface area contributed by atoms with Gasteiger partial charge in [0, 0.05) is 36.1 Å². The number of ether oxygens (including phenoxy) is 2. The molecule has 138 valence electrons. The molecule has 3 aromatic rings. The number of anilines is 1. The van der Waals surface area contributed by atoms with Crippen molar-refractivity contribution in [3.63, 3.8) is 0 Å². The monoisotopic (exact) mass is 371 g/mol. The van der Waals surface area contributed by atoms with Gasteiger partial charge in [-0.2, -0.15) is 0 Å². The van der Waals surface area contributed by atoms with Crippen LogP contribution >= 0.6 is 0 Å². The maximum atomic E-state index is 13.8. The van der Waals surface area contributed by atoms with Crippen LogP contribution in [0.2, 0.25) is 0 Å². The predicted molar refractivity (Wildman–Crippen MR) is 102 cm³/mol. The zero-order chi connectivity index (χ0) is 18.7. The van der Waals surface area contributed by atoms with Crippen LogP contribution in [0.5, 0.6) is 11.5 Å². The number of fused-ring (bicyclic) bond motifs is 5. The third kappa shape index (κ3) is 1.94. The molecule has 3 aliphatic heterocycles. The maximum Gasteiger partial charge on any atom is 0.246 e. The highest BCUT2D eigenvalue weighted by molar-refractivity contribution is 6.11. The van der Waals surface area contributed by atoms with E-state index in [-0.39, 0.29) is 5.91 Å². The van der Waals surface area contributed by atoms with Gasteiger partial charge in [0.25, 0.3) is 0 Å². The van der Waals surface area contributed by atoms with Crippen LogP contribution in [0.4, 0.5) is 5.69 Å².